The van der Waals surface area contributed by atoms with Gasteiger partial charge in [0.2, 0.25) is 5.91 Å². The van der Waals surface area contributed by atoms with E-state index in [0.717, 1.165) is 4.90 Å². The Labute approximate surface area is 164 Å². The van der Waals surface area contributed by atoms with Crippen LogP contribution in [0, 0.1) is 15.9 Å². The van der Waals surface area contributed by atoms with Crippen LogP contribution in [0.1, 0.15) is 18.9 Å². The first-order valence-corrected chi connectivity index (χ1v) is 8.65. The van der Waals surface area contributed by atoms with E-state index < -0.39 is 34.1 Å². The summed E-state index contributed by atoms with van der Waals surface area (Å²) in [5.41, 5.74) is -0.743. The van der Waals surface area contributed by atoms with Crippen LogP contribution < -0.4 is 10.6 Å². The molecule has 2 N–H and O–H groups in total. The molecule has 0 aliphatic carbocycles. The number of hydrogen-bond acceptors (Lipinski definition) is 5. The Hall–Kier alpha value is -3.82. The van der Waals surface area contributed by atoms with E-state index in [9.17, 15) is 28.9 Å². The summed E-state index contributed by atoms with van der Waals surface area (Å²) < 4.78 is 12.9. The van der Waals surface area contributed by atoms with Crippen LogP contribution >= 0.6 is 0 Å². The van der Waals surface area contributed by atoms with Gasteiger partial charge in [0.1, 0.15) is 11.4 Å². The summed E-state index contributed by atoms with van der Waals surface area (Å²) >= 11 is 0. The number of anilines is 1. The number of nitrogens with one attached hydrogen (secondary N) is 2. The van der Waals surface area contributed by atoms with Crippen LogP contribution in [0.2, 0.25) is 0 Å². The van der Waals surface area contributed by atoms with Crippen molar-refractivity contribution in [3.05, 3.63) is 70.0 Å². The van der Waals surface area contributed by atoms with E-state index in [0.29, 0.717) is 11.3 Å². The first-order chi connectivity index (χ1) is 13.7. The number of hydrogen-bond donors (Lipinski definition) is 2. The number of urea groups is 1. The van der Waals surface area contributed by atoms with E-state index in [4.69, 9.17) is 0 Å². The molecule has 1 saturated heterocycles. The normalized spacial score (nSPS) is 18.5. The van der Waals surface area contributed by atoms with E-state index in [-0.39, 0.29) is 18.7 Å². The molecule has 0 aromatic heterocycles. The molecule has 29 heavy (non-hydrogen) atoms. The molecule has 10 heteroatoms. The molecule has 0 unspecified atom stereocenters. The van der Waals surface area contributed by atoms with Gasteiger partial charge in [0, 0.05) is 30.8 Å². The number of halogens is 1. The molecule has 4 amide bonds. The Balaban J connectivity index is 1.65. The van der Waals surface area contributed by atoms with Gasteiger partial charge in [0.15, 0.2) is 0 Å². The van der Waals surface area contributed by atoms with Gasteiger partial charge in [-0.1, -0.05) is 0 Å². The number of carbonyl (C=O) groups excluding carboxylic acids is 3. The highest BCUT2D eigenvalue weighted by Crippen LogP contribution is 2.30. The first kappa shape index (κ1) is 19.9. The number of nitro groups is 1. The minimum Gasteiger partial charge on any atom is -0.326 e. The van der Waals surface area contributed by atoms with E-state index in [2.05, 4.69) is 10.6 Å². The molecule has 9 nitrogen and oxygen atoms in total. The number of non-ortho nitro benzene ring substituents is 1. The molecular formula is C19H17FN4O5. The van der Waals surface area contributed by atoms with Gasteiger partial charge in [0.25, 0.3) is 11.6 Å². The Morgan fingerprint density at radius 3 is 2.38 bits per heavy atom. The van der Waals surface area contributed by atoms with Crippen molar-refractivity contribution in [2.45, 2.75) is 18.9 Å². The predicted molar refractivity (Wildman–Crippen MR) is 100 cm³/mol. The zero-order chi connectivity index (χ0) is 21.2. The summed E-state index contributed by atoms with van der Waals surface area (Å²) in [6.45, 7) is 1.34. The Kier molecular flexibility index (Phi) is 5.26. The van der Waals surface area contributed by atoms with Crippen LogP contribution in [-0.2, 0) is 15.1 Å². The third-order valence-electron chi connectivity index (χ3n) is 4.62. The fourth-order valence-corrected chi connectivity index (χ4v) is 2.98. The number of nitro benzene ring substituents is 1. The molecule has 1 heterocycles. The van der Waals surface area contributed by atoms with Gasteiger partial charge in [-0.05, 0) is 48.9 Å². The molecule has 0 saturated carbocycles. The fourth-order valence-electron chi connectivity index (χ4n) is 2.98. The van der Waals surface area contributed by atoms with Crippen molar-refractivity contribution in [1.29, 1.82) is 0 Å². The largest absolute Gasteiger partial charge is 0.326 e. The molecule has 0 bridgehead atoms. The van der Waals surface area contributed by atoms with Crippen LogP contribution in [0.4, 0.5) is 20.6 Å². The quantitative estimate of drug-likeness (QED) is 0.438. The lowest BCUT2D eigenvalue weighted by atomic mass is 9.92. The number of imide groups is 1. The highest BCUT2D eigenvalue weighted by molar-refractivity contribution is 6.07. The lowest BCUT2D eigenvalue weighted by Gasteiger charge is -2.22. The standard InChI is InChI=1S/C19H17FN4O5/c1-19(12-2-8-15(9-3-12)24(28)29)17(26)23(18(27)22-19)11-10-16(25)21-14-6-4-13(20)5-7-14/h2-9H,10-11H2,1H3,(H,21,25)(H,22,27)/t19-/m0/s1. The molecule has 2 aromatic rings. The average Bonchev–Trinajstić information content (AvgIpc) is 2.91. The summed E-state index contributed by atoms with van der Waals surface area (Å²) in [6.07, 6.45) is -0.146. The Morgan fingerprint density at radius 2 is 1.79 bits per heavy atom. The maximum absolute atomic E-state index is 12.9. The van der Waals surface area contributed by atoms with Crippen molar-refractivity contribution in [1.82, 2.24) is 10.2 Å². The maximum atomic E-state index is 12.9. The van der Waals surface area contributed by atoms with Gasteiger partial charge < -0.3 is 10.6 Å². The SMILES string of the molecule is C[C@@]1(c2ccc([N+](=O)[O-])cc2)NC(=O)N(CCC(=O)Nc2ccc(F)cc2)C1=O. The minimum absolute atomic E-state index is 0.136. The molecule has 1 fully saturated rings. The van der Waals surface area contributed by atoms with E-state index in [1.54, 1.807) is 0 Å². The highest BCUT2D eigenvalue weighted by Gasteiger charge is 2.48. The summed E-state index contributed by atoms with van der Waals surface area (Å²) in [6, 6.07) is 9.83. The number of benzene rings is 2. The fraction of sp³-hybridized carbons (Fsp3) is 0.211. The molecule has 1 aliphatic heterocycles. The number of amides is 4. The predicted octanol–water partition coefficient (Wildman–Crippen LogP) is 2.53. The summed E-state index contributed by atoms with van der Waals surface area (Å²) in [5.74, 6) is -1.44. The zero-order valence-corrected chi connectivity index (χ0v) is 15.3. The lowest BCUT2D eigenvalue weighted by Crippen LogP contribution is -2.41. The number of rotatable bonds is 6. The number of carbonyl (C=O) groups is 3. The third kappa shape index (κ3) is 4.05. The maximum Gasteiger partial charge on any atom is 0.325 e. The third-order valence-corrected chi connectivity index (χ3v) is 4.62. The molecule has 1 atom stereocenters. The second-order valence-electron chi connectivity index (χ2n) is 6.62. The summed E-state index contributed by atoms with van der Waals surface area (Å²) in [4.78, 5) is 48.3. The average molecular weight is 400 g/mol. The van der Waals surface area contributed by atoms with Gasteiger partial charge in [-0.25, -0.2) is 9.18 Å². The van der Waals surface area contributed by atoms with Crippen LogP contribution in [0.25, 0.3) is 0 Å². The van der Waals surface area contributed by atoms with E-state index in [1.807, 2.05) is 0 Å². The smallest absolute Gasteiger partial charge is 0.325 e. The van der Waals surface area contributed by atoms with Crippen molar-refractivity contribution in [3.63, 3.8) is 0 Å². The molecule has 1 aliphatic rings. The molecule has 0 radical (unpaired) electrons. The molecule has 3 rings (SSSR count). The van der Waals surface area contributed by atoms with Gasteiger partial charge in [-0.2, -0.15) is 0 Å². The topological polar surface area (TPSA) is 122 Å². The van der Waals surface area contributed by atoms with Crippen LogP contribution in [0.15, 0.2) is 48.5 Å². The van der Waals surface area contributed by atoms with Crippen LogP contribution in [-0.4, -0.2) is 34.2 Å². The Morgan fingerprint density at radius 1 is 1.17 bits per heavy atom. The van der Waals surface area contributed by atoms with Crippen molar-refractivity contribution >= 4 is 29.2 Å². The second-order valence-corrected chi connectivity index (χ2v) is 6.62. The van der Waals surface area contributed by atoms with Gasteiger partial charge in [-0.3, -0.25) is 24.6 Å². The number of nitrogens with zero attached hydrogens (tertiary/aromatic N) is 2. The highest BCUT2D eigenvalue weighted by atomic mass is 19.1. The van der Waals surface area contributed by atoms with Crippen molar-refractivity contribution in [2.24, 2.45) is 0 Å². The van der Waals surface area contributed by atoms with Crippen molar-refractivity contribution in [3.8, 4) is 0 Å². The summed E-state index contributed by atoms with van der Waals surface area (Å²) in [5, 5.41) is 15.9. The minimum atomic E-state index is -1.39. The Bertz CT molecular complexity index is 977. The van der Waals surface area contributed by atoms with Crippen LogP contribution in [0.3, 0.4) is 0 Å². The molecular weight excluding hydrogens is 383 g/mol. The summed E-state index contributed by atoms with van der Waals surface area (Å²) in [7, 11) is 0. The van der Waals surface area contributed by atoms with Gasteiger partial charge in [0.05, 0.1) is 4.92 Å². The zero-order valence-electron chi connectivity index (χ0n) is 15.3. The molecule has 2 aromatic carbocycles. The first-order valence-electron chi connectivity index (χ1n) is 8.65. The monoisotopic (exact) mass is 400 g/mol. The molecule has 0 spiro atoms. The van der Waals surface area contributed by atoms with Gasteiger partial charge >= 0.3 is 6.03 Å². The van der Waals surface area contributed by atoms with E-state index >= 15 is 0 Å². The van der Waals surface area contributed by atoms with Crippen molar-refractivity contribution in [2.75, 3.05) is 11.9 Å². The van der Waals surface area contributed by atoms with E-state index in [1.165, 1.54) is 55.5 Å². The second kappa shape index (κ2) is 7.66. The van der Waals surface area contributed by atoms with Crippen molar-refractivity contribution < 1.29 is 23.7 Å². The van der Waals surface area contributed by atoms with Crippen LogP contribution in [0.5, 0.6) is 0 Å². The van der Waals surface area contributed by atoms with Gasteiger partial charge in [-0.15, -0.1) is 0 Å². The molecule has 150 valence electrons. The lowest BCUT2D eigenvalue weighted by molar-refractivity contribution is -0.384.